The van der Waals surface area contributed by atoms with Gasteiger partial charge in [0.05, 0.1) is 11.9 Å². The molecule has 8 heteroatoms. The third-order valence-corrected chi connectivity index (χ3v) is 6.20. The monoisotopic (exact) mass is 442 g/mol. The summed E-state index contributed by atoms with van der Waals surface area (Å²) in [6.07, 6.45) is 12.0. The van der Waals surface area contributed by atoms with Crippen molar-refractivity contribution < 1.29 is 0 Å². The van der Waals surface area contributed by atoms with Crippen LogP contribution in [0.3, 0.4) is 0 Å². The molecule has 0 amide bonds. The molecule has 1 saturated heterocycles. The summed E-state index contributed by atoms with van der Waals surface area (Å²) in [6, 6.07) is 3.96. The summed E-state index contributed by atoms with van der Waals surface area (Å²) < 4.78 is 1.80. The number of piperidine rings is 1. The average molecular weight is 443 g/mol. The van der Waals surface area contributed by atoms with Gasteiger partial charge in [-0.25, -0.2) is 9.97 Å². The van der Waals surface area contributed by atoms with Crippen LogP contribution in [0, 0.1) is 5.92 Å². The summed E-state index contributed by atoms with van der Waals surface area (Å²) in [5, 5.41) is 9.86. The molecule has 1 aliphatic rings. The van der Waals surface area contributed by atoms with Crippen molar-refractivity contribution in [2.24, 2.45) is 13.0 Å². The Balaban J connectivity index is 1.49. The molecular weight excluding hydrogens is 412 g/mol. The first-order valence-electron chi connectivity index (χ1n) is 11.6. The number of pyridine rings is 2. The highest BCUT2D eigenvalue weighted by molar-refractivity contribution is 5.98. The van der Waals surface area contributed by atoms with Crippen molar-refractivity contribution in [2.45, 2.75) is 39.5 Å². The van der Waals surface area contributed by atoms with E-state index >= 15 is 0 Å². The van der Waals surface area contributed by atoms with Crippen molar-refractivity contribution >= 4 is 28.4 Å². The molecule has 0 aromatic carbocycles. The third kappa shape index (κ3) is 4.37. The number of nitrogens with one attached hydrogen (secondary N) is 1. The SMILES string of the molecule is CC1CCCN(c2nccc(Nc3cc4c(C(C)C)ncc(-c5cnn(C)c5)c4cn3)n2)C1. The van der Waals surface area contributed by atoms with E-state index in [1.807, 2.05) is 44.1 Å². The zero-order chi connectivity index (χ0) is 22.9. The molecule has 5 rings (SSSR count). The number of hydrogen-bond acceptors (Lipinski definition) is 7. The lowest BCUT2D eigenvalue weighted by Gasteiger charge is -2.30. The van der Waals surface area contributed by atoms with Crippen LogP contribution in [-0.4, -0.2) is 42.8 Å². The van der Waals surface area contributed by atoms with Gasteiger partial charge < -0.3 is 10.2 Å². The van der Waals surface area contributed by atoms with Gasteiger partial charge in [-0.1, -0.05) is 20.8 Å². The van der Waals surface area contributed by atoms with Gasteiger partial charge in [0.1, 0.15) is 11.6 Å². The molecule has 33 heavy (non-hydrogen) atoms. The summed E-state index contributed by atoms with van der Waals surface area (Å²) in [4.78, 5) is 21.1. The molecule has 5 heterocycles. The van der Waals surface area contributed by atoms with E-state index in [9.17, 15) is 0 Å². The van der Waals surface area contributed by atoms with Crippen LogP contribution in [0.1, 0.15) is 45.2 Å². The van der Waals surface area contributed by atoms with Gasteiger partial charge in [-0.15, -0.1) is 0 Å². The standard InChI is InChI=1S/C25H30N8/c1-16(2)24-19-10-23(27-13-21(19)20(12-28-24)18-11-29-32(4)15-18)30-22-7-8-26-25(31-22)33-9-5-6-17(3)14-33/h7-8,10-13,15-17H,5-6,9,14H2,1-4H3,(H,26,27,30,31). The Morgan fingerprint density at radius 3 is 2.70 bits per heavy atom. The van der Waals surface area contributed by atoms with Gasteiger partial charge in [0.2, 0.25) is 5.95 Å². The second kappa shape index (κ2) is 8.77. The van der Waals surface area contributed by atoms with Crippen molar-refractivity contribution in [1.29, 1.82) is 0 Å². The average Bonchev–Trinajstić information content (AvgIpc) is 3.24. The molecule has 0 radical (unpaired) electrons. The molecule has 0 bridgehead atoms. The summed E-state index contributed by atoms with van der Waals surface area (Å²) in [6.45, 7) is 8.61. The lowest BCUT2D eigenvalue weighted by Crippen LogP contribution is -2.35. The van der Waals surface area contributed by atoms with Gasteiger partial charge in [0.25, 0.3) is 0 Å². The molecular formula is C25H30N8. The zero-order valence-corrected chi connectivity index (χ0v) is 19.7. The fraction of sp³-hybridized carbons (Fsp3) is 0.400. The van der Waals surface area contributed by atoms with Gasteiger partial charge in [-0.05, 0) is 36.8 Å². The number of aromatic nitrogens is 6. The highest BCUT2D eigenvalue weighted by Gasteiger charge is 2.19. The lowest BCUT2D eigenvalue weighted by atomic mass is 9.98. The van der Waals surface area contributed by atoms with Crippen molar-refractivity contribution in [3.05, 3.63) is 48.8 Å². The normalized spacial score (nSPS) is 16.5. The number of anilines is 3. The Kier molecular flexibility index (Phi) is 5.66. The molecule has 1 atom stereocenters. The minimum Gasteiger partial charge on any atom is -0.341 e. The Morgan fingerprint density at radius 1 is 1.06 bits per heavy atom. The summed E-state index contributed by atoms with van der Waals surface area (Å²) >= 11 is 0. The molecule has 0 spiro atoms. The minimum absolute atomic E-state index is 0.289. The molecule has 1 N–H and O–H groups in total. The van der Waals surface area contributed by atoms with Crippen LogP contribution >= 0.6 is 0 Å². The summed E-state index contributed by atoms with van der Waals surface area (Å²) in [5.41, 5.74) is 3.11. The summed E-state index contributed by atoms with van der Waals surface area (Å²) in [5.74, 6) is 3.21. The topological polar surface area (TPSA) is 84.7 Å². The van der Waals surface area contributed by atoms with Gasteiger partial charge in [-0.2, -0.15) is 10.1 Å². The van der Waals surface area contributed by atoms with Gasteiger partial charge >= 0.3 is 0 Å². The van der Waals surface area contributed by atoms with E-state index in [0.29, 0.717) is 5.92 Å². The van der Waals surface area contributed by atoms with Crippen LogP contribution in [-0.2, 0) is 7.05 Å². The van der Waals surface area contributed by atoms with Crippen molar-refractivity contribution in [2.75, 3.05) is 23.3 Å². The van der Waals surface area contributed by atoms with E-state index in [1.54, 1.807) is 4.68 Å². The maximum absolute atomic E-state index is 4.80. The number of nitrogens with zero attached hydrogens (tertiary/aromatic N) is 7. The molecule has 0 aliphatic carbocycles. The van der Waals surface area contributed by atoms with Gasteiger partial charge in [-0.3, -0.25) is 9.67 Å². The van der Waals surface area contributed by atoms with Crippen LogP contribution in [0.2, 0.25) is 0 Å². The van der Waals surface area contributed by atoms with Crippen LogP contribution in [0.25, 0.3) is 21.9 Å². The first kappa shape index (κ1) is 21.3. The van der Waals surface area contributed by atoms with E-state index in [1.165, 1.54) is 12.8 Å². The molecule has 170 valence electrons. The maximum Gasteiger partial charge on any atom is 0.227 e. The first-order chi connectivity index (χ1) is 16.0. The van der Waals surface area contributed by atoms with Crippen LogP contribution in [0.4, 0.5) is 17.6 Å². The van der Waals surface area contributed by atoms with Crippen molar-refractivity contribution in [3.63, 3.8) is 0 Å². The second-order valence-electron chi connectivity index (χ2n) is 9.29. The van der Waals surface area contributed by atoms with Gasteiger partial charge in [0, 0.05) is 66.8 Å². The quantitative estimate of drug-likeness (QED) is 0.469. The number of rotatable bonds is 5. The largest absolute Gasteiger partial charge is 0.341 e. The Hall–Kier alpha value is -3.55. The fourth-order valence-corrected chi connectivity index (χ4v) is 4.55. The number of hydrogen-bond donors (Lipinski definition) is 1. The molecule has 8 nitrogen and oxygen atoms in total. The van der Waals surface area contributed by atoms with Gasteiger partial charge in [0.15, 0.2) is 0 Å². The first-order valence-corrected chi connectivity index (χ1v) is 11.6. The van der Waals surface area contributed by atoms with Crippen LogP contribution < -0.4 is 10.2 Å². The van der Waals surface area contributed by atoms with Crippen molar-refractivity contribution in [1.82, 2.24) is 29.7 Å². The zero-order valence-electron chi connectivity index (χ0n) is 19.7. The lowest BCUT2D eigenvalue weighted by molar-refractivity contribution is 0.442. The Labute approximate surface area is 194 Å². The maximum atomic E-state index is 4.80. The smallest absolute Gasteiger partial charge is 0.227 e. The van der Waals surface area contributed by atoms with Crippen molar-refractivity contribution in [3.8, 4) is 11.1 Å². The molecule has 1 aliphatic heterocycles. The van der Waals surface area contributed by atoms with Crippen LogP contribution in [0.15, 0.2) is 43.1 Å². The summed E-state index contributed by atoms with van der Waals surface area (Å²) in [7, 11) is 1.92. The fourth-order valence-electron chi connectivity index (χ4n) is 4.55. The number of aryl methyl sites for hydroxylation is 1. The van der Waals surface area contributed by atoms with E-state index in [4.69, 9.17) is 15.0 Å². The highest BCUT2D eigenvalue weighted by Crippen LogP contribution is 2.33. The Morgan fingerprint density at radius 2 is 1.94 bits per heavy atom. The van der Waals surface area contributed by atoms with E-state index in [-0.39, 0.29) is 5.92 Å². The Bertz CT molecular complexity index is 1280. The minimum atomic E-state index is 0.289. The predicted molar refractivity (Wildman–Crippen MR) is 132 cm³/mol. The predicted octanol–water partition coefficient (Wildman–Crippen LogP) is 4.92. The van der Waals surface area contributed by atoms with E-state index < -0.39 is 0 Å². The molecule has 1 fully saturated rings. The second-order valence-corrected chi connectivity index (χ2v) is 9.29. The third-order valence-electron chi connectivity index (χ3n) is 6.20. The molecule has 4 aromatic heterocycles. The van der Waals surface area contributed by atoms with Crippen LogP contribution in [0.5, 0.6) is 0 Å². The molecule has 4 aromatic rings. The van der Waals surface area contributed by atoms with E-state index in [0.717, 1.165) is 58.3 Å². The molecule has 0 saturated carbocycles. The highest BCUT2D eigenvalue weighted by atomic mass is 15.3. The number of fused-ring (bicyclic) bond motifs is 1. The van der Waals surface area contributed by atoms with E-state index in [2.05, 4.69) is 47.1 Å². The molecule has 1 unspecified atom stereocenters.